The van der Waals surface area contributed by atoms with Crippen molar-refractivity contribution in [2.24, 2.45) is 5.73 Å². The summed E-state index contributed by atoms with van der Waals surface area (Å²) >= 11 is 0. The summed E-state index contributed by atoms with van der Waals surface area (Å²) in [5, 5.41) is 0. The second-order valence-corrected chi connectivity index (χ2v) is 2.73. The monoisotopic (exact) mass is 236 g/mol. The van der Waals surface area contributed by atoms with Gasteiger partial charge in [-0.15, -0.1) is 17.7 Å². The van der Waals surface area contributed by atoms with Crippen LogP contribution in [-0.4, -0.2) is 6.04 Å². The van der Waals surface area contributed by atoms with E-state index in [9.17, 15) is 0 Å². The van der Waals surface area contributed by atoms with Gasteiger partial charge in [0.2, 0.25) is 0 Å². The Morgan fingerprint density at radius 1 is 1.33 bits per heavy atom. The van der Waals surface area contributed by atoms with E-state index in [1.807, 2.05) is 6.07 Å². The average Bonchev–Trinajstić information content (AvgIpc) is 2.27. The number of benzene rings is 1. The summed E-state index contributed by atoms with van der Waals surface area (Å²) < 4.78 is 0. The largest absolute Gasteiger partial charge is 0.358 e. The second kappa shape index (κ2) is 5.01. The fourth-order valence-corrected chi connectivity index (χ4v) is 1.43. The molecule has 0 amide bonds. The third-order valence-corrected chi connectivity index (χ3v) is 1.90. The molecule has 0 fully saturated rings. The van der Waals surface area contributed by atoms with Crippen LogP contribution in [0.25, 0.3) is 0 Å². The molecule has 0 saturated carbocycles. The minimum absolute atomic E-state index is 0. The predicted molar refractivity (Wildman–Crippen MR) is 47.9 cm³/mol. The molecule has 0 heterocycles. The molecule has 1 unspecified atom stereocenters. The van der Waals surface area contributed by atoms with E-state index in [0.717, 1.165) is 6.42 Å². The predicted octanol–water partition coefficient (Wildman–Crippen LogP) is 1.57. The van der Waals surface area contributed by atoms with E-state index < -0.39 is 0 Å². The second-order valence-electron chi connectivity index (χ2n) is 2.73. The van der Waals surface area contributed by atoms with Gasteiger partial charge < -0.3 is 13.2 Å². The van der Waals surface area contributed by atoms with E-state index in [0.29, 0.717) is 0 Å². The van der Waals surface area contributed by atoms with Crippen molar-refractivity contribution < 1.29 is 32.7 Å². The molecule has 1 aromatic carbocycles. The van der Waals surface area contributed by atoms with Gasteiger partial charge in [-0.05, 0) is 6.04 Å². The minimum atomic E-state index is 0. The Labute approximate surface area is 99.6 Å². The Morgan fingerprint density at radius 2 is 2.00 bits per heavy atom. The number of rotatable bonds is 0. The molecule has 12 heavy (non-hydrogen) atoms. The molecule has 1 aromatic rings. The van der Waals surface area contributed by atoms with E-state index in [-0.39, 0.29) is 46.2 Å². The van der Waals surface area contributed by atoms with Crippen LogP contribution < -0.4 is 5.73 Å². The Hall–Kier alpha value is 0.154. The molecule has 1 aliphatic carbocycles. The van der Waals surface area contributed by atoms with E-state index in [1.165, 1.54) is 11.1 Å². The SMILES string of the molecule is NC1[CH-]c2ccccc2C1.[CH3-].[Y]. The summed E-state index contributed by atoms with van der Waals surface area (Å²) in [5.74, 6) is 0. The van der Waals surface area contributed by atoms with Crippen LogP contribution in [0.4, 0.5) is 0 Å². The molecular weight excluding hydrogens is 223 g/mol. The normalized spacial score (nSPS) is 18.2. The van der Waals surface area contributed by atoms with Gasteiger partial charge in [-0.1, -0.05) is 12.5 Å². The van der Waals surface area contributed by atoms with Crippen molar-refractivity contribution in [3.05, 3.63) is 49.2 Å². The van der Waals surface area contributed by atoms with Gasteiger partial charge in [-0.3, -0.25) is 0 Å². The summed E-state index contributed by atoms with van der Waals surface area (Å²) in [4.78, 5) is 0. The smallest absolute Gasteiger partial charge is 0 e. The fraction of sp³-hybridized carbons (Fsp3) is 0.200. The number of hydrogen-bond acceptors (Lipinski definition) is 1. The van der Waals surface area contributed by atoms with Crippen molar-refractivity contribution in [1.82, 2.24) is 0 Å². The zero-order valence-electron chi connectivity index (χ0n) is 7.33. The van der Waals surface area contributed by atoms with Crippen molar-refractivity contribution in [2.45, 2.75) is 12.5 Å². The van der Waals surface area contributed by atoms with Gasteiger partial charge in [0, 0.05) is 32.7 Å². The summed E-state index contributed by atoms with van der Waals surface area (Å²) in [6, 6.07) is 8.61. The van der Waals surface area contributed by atoms with Gasteiger partial charge in [0.1, 0.15) is 0 Å². The van der Waals surface area contributed by atoms with Gasteiger partial charge in [-0.2, -0.15) is 18.1 Å². The van der Waals surface area contributed by atoms with Crippen molar-refractivity contribution >= 4 is 0 Å². The maximum Gasteiger partial charge on any atom is 0 e. The maximum atomic E-state index is 5.73. The number of fused-ring (bicyclic) bond motifs is 1. The molecule has 2 N–H and O–H groups in total. The zero-order chi connectivity index (χ0) is 6.97. The number of hydrogen-bond donors (Lipinski definition) is 1. The van der Waals surface area contributed by atoms with E-state index in [1.54, 1.807) is 0 Å². The molecule has 1 aliphatic rings. The van der Waals surface area contributed by atoms with Crippen molar-refractivity contribution in [3.63, 3.8) is 0 Å². The van der Waals surface area contributed by atoms with Crippen molar-refractivity contribution in [3.8, 4) is 0 Å². The van der Waals surface area contributed by atoms with Crippen LogP contribution in [0.15, 0.2) is 24.3 Å². The summed E-state index contributed by atoms with van der Waals surface area (Å²) in [7, 11) is 0. The fourth-order valence-electron chi connectivity index (χ4n) is 1.43. The van der Waals surface area contributed by atoms with E-state index in [4.69, 9.17) is 5.73 Å². The molecule has 0 spiro atoms. The summed E-state index contributed by atoms with van der Waals surface area (Å²) in [6.07, 6.45) is 3.13. The molecule has 0 aromatic heterocycles. The van der Waals surface area contributed by atoms with Gasteiger partial charge in [0.25, 0.3) is 0 Å². The van der Waals surface area contributed by atoms with Crippen LogP contribution in [0.3, 0.4) is 0 Å². The Bertz CT molecular complexity index is 222. The Morgan fingerprint density at radius 3 is 2.67 bits per heavy atom. The molecule has 63 valence electrons. The molecule has 0 saturated heterocycles. The first kappa shape index (κ1) is 12.2. The number of nitrogens with two attached hydrogens (primary N) is 1. The van der Waals surface area contributed by atoms with Gasteiger partial charge in [0.15, 0.2) is 0 Å². The van der Waals surface area contributed by atoms with E-state index >= 15 is 0 Å². The van der Waals surface area contributed by atoms with Crippen LogP contribution in [0.1, 0.15) is 11.1 Å². The first-order valence-corrected chi connectivity index (χ1v) is 3.54. The summed E-state index contributed by atoms with van der Waals surface area (Å²) in [6.45, 7) is 0. The standard InChI is InChI=1S/C9H10N.CH3.Y/c10-9-5-7-3-1-2-4-8(7)6-9;;/h1-5,9H,6,10H2;1H3;/q2*-1;. The first-order chi connectivity index (χ1) is 4.86. The Balaban J connectivity index is 0.000000605. The molecule has 2 heteroatoms. The maximum absolute atomic E-state index is 5.73. The van der Waals surface area contributed by atoms with Crippen LogP contribution >= 0.6 is 0 Å². The summed E-state index contributed by atoms with van der Waals surface area (Å²) in [5.41, 5.74) is 8.43. The minimum Gasteiger partial charge on any atom is -0.358 e. The topological polar surface area (TPSA) is 26.0 Å². The van der Waals surface area contributed by atoms with Crippen LogP contribution in [0.5, 0.6) is 0 Å². The molecule has 1 atom stereocenters. The zero-order valence-corrected chi connectivity index (χ0v) is 10.2. The average molecular weight is 236 g/mol. The van der Waals surface area contributed by atoms with Crippen LogP contribution in [0.2, 0.25) is 0 Å². The van der Waals surface area contributed by atoms with E-state index in [2.05, 4.69) is 24.6 Å². The molecule has 2 rings (SSSR count). The molecule has 1 nitrogen and oxygen atoms in total. The van der Waals surface area contributed by atoms with Gasteiger partial charge in [0.05, 0.1) is 0 Å². The first-order valence-electron chi connectivity index (χ1n) is 3.54. The third kappa shape index (κ3) is 2.32. The third-order valence-electron chi connectivity index (χ3n) is 1.90. The molecule has 0 bridgehead atoms. The molecule has 0 aliphatic heterocycles. The van der Waals surface area contributed by atoms with Crippen molar-refractivity contribution in [2.75, 3.05) is 0 Å². The molecular formula is C10H13NY-2. The van der Waals surface area contributed by atoms with Gasteiger partial charge in [-0.25, -0.2) is 0 Å². The van der Waals surface area contributed by atoms with Crippen LogP contribution in [0, 0.1) is 13.8 Å². The van der Waals surface area contributed by atoms with Gasteiger partial charge >= 0.3 is 0 Å². The Kier molecular flexibility index (Phi) is 5.07. The van der Waals surface area contributed by atoms with Crippen LogP contribution in [-0.2, 0) is 39.1 Å². The van der Waals surface area contributed by atoms with Crippen molar-refractivity contribution in [1.29, 1.82) is 0 Å². The quantitative estimate of drug-likeness (QED) is 0.680. The molecule has 1 radical (unpaired) electrons.